The lowest BCUT2D eigenvalue weighted by Gasteiger charge is -2.37. The summed E-state index contributed by atoms with van der Waals surface area (Å²) in [5, 5.41) is 34.2. The van der Waals surface area contributed by atoms with E-state index in [0.717, 1.165) is 25.9 Å². The van der Waals surface area contributed by atoms with Crippen molar-refractivity contribution in [2.75, 3.05) is 31.9 Å². The maximum atomic E-state index is 11.1. The number of nitrogens with zero attached hydrogens (tertiary/aromatic N) is 5. The molecule has 0 saturated carbocycles. The molecule has 0 bridgehead atoms. The van der Waals surface area contributed by atoms with Crippen LogP contribution in [-0.4, -0.2) is 69.1 Å². The first kappa shape index (κ1) is 18.3. The van der Waals surface area contributed by atoms with Crippen molar-refractivity contribution < 1.29 is 14.8 Å². The van der Waals surface area contributed by atoms with Crippen LogP contribution in [0.5, 0.6) is 0 Å². The van der Waals surface area contributed by atoms with Crippen LogP contribution in [0.25, 0.3) is 11.4 Å². The second-order valence-corrected chi connectivity index (χ2v) is 7.42. The molecular formula is C18H24N5O4-. The molecule has 1 aromatic carbocycles. The third-order valence-electron chi connectivity index (χ3n) is 5.53. The van der Waals surface area contributed by atoms with Gasteiger partial charge in [0.1, 0.15) is 0 Å². The van der Waals surface area contributed by atoms with Gasteiger partial charge in [0.2, 0.25) is 11.7 Å². The van der Waals surface area contributed by atoms with Crippen LogP contribution in [0, 0.1) is 5.21 Å². The summed E-state index contributed by atoms with van der Waals surface area (Å²) in [7, 11) is 2.13. The van der Waals surface area contributed by atoms with E-state index in [2.05, 4.69) is 27.0 Å². The first-order valence-corrected chi connectivity index (χ1v) is 9.24. The largest absolute Gasteiger partial charge is 0.733 e. The fourth-order valence-electron chi connectivity index (χ4n) is 4.06. The highest BCUT2D eigenvalue weighted by molar-refractivity contribution is 5.62. The summed E-state index contributed by atoms with van der Waals surface area (Å²) in [5.74, 6) is 0.840. The highest BCUT2D eigenvalue weighted by Crippen LogP contribution is 2.36. The molecule has 1 aromatic heterocycles. The van der Waals surface area contributed by atoms with Gasteiger partial charge in [0.25, 0.3) is 0 Å². The highest BCUT2D eigenvalue weighted by Gasteiger charge is 2.40. The van der Waals surface area contributed by atoms with Crippen LogP contribution in [0.2, 0.25) is 0 Å². The minimum Gasteiger partial charge on any atom is -0.733 e. The maximum absolute atomic E-state index is 11.1. The molecule has 0 radical (unpaired) electrons. The molecule has 2 saturated heterocycles. The van der Waals surface area contributed by atoms with Crippen LogP contribution < -0.4 is 5.23 Å². The van der Waals surface area contributed by atoms with Crippen molar-refractivity contribution >= 4 is 5.69 Å². The standard InChI is InChI=1S/C18H24N5O4/c1-21-7-5-13(6-8-21)22-11-15(24)10-16(22)18-19-17(20-27-18)12-3-2-4-14(9-12)23(25)26/h2-4,9,13,15-16,24-25H,5-8,10-11H2,1H3/q-1/t15-,16+/m1/s1. The van der Waals surface area contributed by atoms with E-state index in [1.54, 1.807) is 12.1 Å². The number of benzene rings is 1. The zero-order valence-corrected chi connectivity index (χ0v) is 15.2. The van der Waals surface area contributed by atoms with Gasteiger partial charge >= 0.3 is 0 Å². The van der Waals surface area contributed by atoms with Gasteiger partial charge in [0.05, 0.1) is 17.8 Å². The summed E-state index contributed by atoms with van der Waals surface area (Å²) >= 11 is 0. The molecule has 2 atom stereocenters. The topological polar surface area (TPSA) is 112 Å². The Morgan fingerprint density at radius 2 is 2.07 bits per heavy atom. The predicted molar refractivity (Wildman–Crippen MR) is 98.0 cm³/mol. The molecule has 0 amide bonds. The van der Waals surface area contributed by atoms with Crippen molar-refractivity contribution in [1.82, 2.24) is 19.9 Å². The average Bonchev–Trinajstić information content (AvgIpc) is 3.29. The monoisotopic (exact) mass is 374 g/mol. The number of aliphatic hydroxyl groups is 1. The third kappa shape index (κ3) is 3.83. The molecule has 9 heteroatoms. The number of hydrogen-bond donors (Lipinski definition) is 2. The molecule has 2 N–H and O–H groups in total. The van der Waals surface area contributed by atoms with E-state index >= 15 is 0 Å². The summed E-state index contributed by atoms with van der Waals surface area (Å²) in [4.78, 5) is 9.12. The van der Waals surface area contributed by atoms with E-state index < -0.39 is 6.10 Å². The minimum atomic E-state index is -0.406. The van der Waals surface area contributed by atoms with E-state index in [1.807, 2.05) is 0 Å². The Morgan fingerprint density at radius 3 is 2.81 bits per heavy atom. The van der Waals surface area contributed by atoms with Crippen LogP contribution in [0.4, 0.5) is 5.69 Å². The third-order valence-corrected chi connectivity index (χ3v) is 5.53. The number of likely N-dealkylation sites (tertiary alicyclic amines) is 2. The molecule has 2 aliphatic rings. The fraction of sp³-hybridized carbons (Fsp3) is 0.556. The van der Waals surface area contributed by atoms with E-state index in [-0.39, 0.29) is 17.0 Å². The summed E-state index contributed by atoms with van der Waals surface area (Å²) in [6.07, 6.45) is 2.27. The lowest BCUT2D eigenvalue weighted by Crippen LogP contribution is -2.43. The van der Waals surface area contributed by atoms with E-state index in [1.165, 1.54) is 12.1 Å². The minimum absolute atomic E-state index is 0.100. The first-order valence-electron chi connectivity index (χ1n) is 9.24. The van der Waals surface area contributed by atoms with Gasteiger partial charge in [-0.15, -0.1) is 0 Å². The number of anilines is 1. The van der Waals surface area contributed by atoms with E-state index in [9.17, 15) is 10.3 Å². The van der Waals surface area contributed by atoms with Gasteiger partial charge in [0.15, 0.2) is 0 Å². The average molecular weight is 374 g/mol. The van der Waals surface area contributed by atoms with Gasteiger partial charge < -0.3 is 25.0 Å². The lowest BCUT2D eigenvalue weighted by atomic mass is 10.0. The zero-order chi connectivity index (χ0) is 19.0. The van der Waals surface area contributed by atoms with Crippen molar-refractivity contribution in [3.05, 3.63) is 35.4 Å². The lowest BCUT2D eigenvalue weighted by molar-refractivity contribution is 0.0881. The molecule has 2 aliphatic heterocycles. The Morgan fingerprint density at radius 1 is 1.30 bits per heavy atom. The normalized spacial score (nSPS) is 25.2. The van der Waals surface area contributed by atoms with E-state index in [4.69, 9.17) is 9.73 Å². The SMILES string of the molecule is CN1CCC(N2C[C@H](O)C[C@H]2c2nc(-c3cccc(N([O-])O)c3)no2)CC1. The van der Waals surface area contributed by atoms with Crippen LogP contribution in [0.15, 0.2) is 28.8 Å². The highest BCUT2D eigenvalue weighted by atomic mass is 16.8. The molecule has 27 heavy (non-hydrogen) atoms. The molecule has 4 rings (SSSR count). The molecular weight excluding hydrogens is 350 g/mol. The van der Waals surface area contributed by atoms with Crippen molar-refractivity contribution in [3.63, 3.8) is 0 Å². The fourth-order valence-corrected chi connectivity index (χ4v) is 4.06. The number of rotatable bonds is 4. The molecule has 0 unspecified atom stereocenters. The summed E-state index contributed by atoms with van der Waals surface area (Å²) in [6, 6.07) is 6.68. The number of piperidine rings is 1. The second kappa shape index (κ2) is 7.53. The van der Waals surface area contributed by atoms with Gasteiger partial charge in [-0.05, 0) is 51.5 Å². The van der Waals surface area contributed by atoms with E-state index in [0.29, 0.717) is 36.3 Å². The summed E-state index contributed by atoms with van der Waals surface area (Å²) in [6.45, 7) is 2.69. The summed E-state index contributed by atoms with van der Waals surface area (Å²) < 4.78 is 5.52. The van der Waals surface area contributed by atoms with Gasteiger partial charge in [-0.2, -0.15) is 4.98 Å². The Hall–Kier alpha value is -2.04. The predicted octanol–water partition coefficient (Wildman–Crippen LogP) is 1.63. The smallest absolute Gasteiger partial charge is 0.244 e. The van der Waals surface area contributed by atoms with Crippen LogP contribution in [-0.2, 0) is 0 Å². The molecule has 3 heterocycles. The molecule has 0 aliphatic carbocycles. The number of aliphatic hydroxyl groups excluding tert-OH is 1. The Balaban J connectivity index is 1.55. The Labute approximate surface area is 157 Å². The van der Waals surface area contributed by atoms with Gasteiger partial charge in [-0.3, -0.25) is 10.1 Å². The van der Waals surface area contributed by atoms with Gasteiger partial charge in [0, 0.05) is 18.2 Å². The Kier molecular flexibility index (Phi) is 5.11. The molecule has 0 spiro atoms. The first-order chi connectivity index (χ1) is 13.0. The zero-order valence-electron chi connectivity index (χ0n) is 15.2. The van der Waals surface area contributed by atoms with Crippen molar-refractivity contribution in [1.29, 1.82) is 0 Å². The Bertz CT molecular complexity index is 775. The van der Waals surface area contributed by atoms with Crippen molar-refractivity contribution in [2.24, 2.45) is 0 Å². The maximum Gasteiger partial charge on any atom is 0.244 e. The van der Waals surface area contributed by atoms with Crippen LogP contribution in [0.1, 0.15) is 31.2 Å². The van der Waals surface area contributed by atoms with Crippen LogP contribution >= 0.6 is 0 Å². The molecule has 9 nitrogen and oxygen atoms in total. The number of β-amino-alcohol motifs (C(OH)–C–C–N with tert-alkyl or cyclic N) is 1. The van der Waals surface area contributed by atoms with Crippen molar-refractivity contribution in [2.45, 2.75) is 37.5 Å². The molecule has 146 valence electrons. The molecule has 2 aromatic rings. The van der Waals surface area contributed by atoms with Gasteiger partial charge in [-0.25, -0.2) is 0 Å². The quantitative estimate of drug-likeness (QED) is 0.771. The van der Waals surface area contributed by atoms with Crippen molar-refractivity contribution in [3.8, 4) is 11.4 Å². The second-order valence-electron chi connectivity index (χ2n) is 7.42. The molecule has 2 fully saturated rings. The van der Waals surface area contributed by atoms with Crippen LogP contribution in [0.3, 0.4) is 0 Å². The number of aromatic nitrogens is 2. The van der Waals surface area contributed by atoms with Gasteiger partial charge in [-0.1, -0.05) is 17.3 Å². The summed E-state index contributed by atoms with van der Waals surface area (Å²) in [5.41, 5.74) is 0.685. The number of hydrogen-bond acceptors (Lipinski definition) is 9.